The van der Waals surface area contributed by atoms with Crippen LogP contribution in [0.4, 0.5) is 0 Å². The molecule has 4 rings (SSSR count). The van der Waals surface area contributed by atoms with Gasteiger partial charge in [-0.2, -0.15) is 5.10 Å². The first-order valence-corrected chi connectivity index (χ1v) is 8.89. The summed E-state index contributed by atoms with van der Waals surface area (Å²) in [5, 5.41) is 10.7. The van der Waals surface area contributed by atoms with E-state index in [-0.39, 0.29) is 18.0 Å². The van der Waals surface area contributed by atoms with Crippen LogP contribution in [0.3, 0.4) is 0 Å². The lowest BCUT2D eigenvalue weighted by Crippen LogP contribution is -2.23. The van der Waals surface area contributed by atoms with Crippen molar-refractivity contribution < 1.29 is 13.9 Å². The summed E-state index contributed by atoms with van der Waals surface area (Å²) in [6, 6.07) is 11.9. The van der Waals surface area contributed by atoms with Crippen LogP contribution in [0.15, 0.2) is 57.9 Å². The second-order valence-corrected chi connectivity index (χ2v) is 6.24. The molecule has 29 heavy (non-hydrogen) atoms. The molecule has 0 bridgehead atoms. The molecule has 0 fully saturated rings. The van der Waals surface area contributed by atoms with E-state index in [2.05, 4.69) is 20.5 Å². The number of hydrogen-bond acceptors (Lipinski definition) is 5. The van der Waals surface area contributed by atoms with Gasteiger partial charge in [-0.15, -0.1) is 0 Å². The number of aromatic amines is 2. The van der Waals surface area contributed by atoms with E-state index >= 15 is 0 Å². The molecule has 8 heteroatoms. The van der Waals surface area contributed by atoms with Gasteiger partial charge in [0, 0.05) is 11.8 Å². The number of hydrogen-bond donors (Lipinski definition) is 3. The number of aromatic nitrogens is 3. The molecule has 8 nitrogen and oxygen atoms in total. The van der Waals surface area contributed by atoms with Gasteiger partial charge in [-0.25, -0.2) is 0 Å². The molecule has 3 heterocycles. The number of benzene rings is 1. The summed E-state index contributed by atoms with van der Waals surface area (Å²) in [5.41, 5.74) is 2.16. The third-order valence-electron chi connectivity index (χ3n) is 4.37. The summed E-state index contributed by atoms with van der Waals surface area (Å²) in [6.45, 7) is 0.270. The van der Waals surface area contributed by atoms with Crippen LogP contribution in [0.5, 0.6) is 5.75 Å². The van der Waals surface area contributed by atoms with E-state index < -0.39 is 0 Å². The van der Waals surface area contributed by atoms with E-state index in [1.165, 1.54) is 13.2 Å². The van der Waals surface area contributed by atoms with Crippen molar-refractivity contribution in [3.8, 4) is 5.75 Å². The average Bonchev–Trinajstić information content (AvgIpc) is 3.39. The standard InChI is InChI=1S/C21H18N4O4/c1-28-20-15(21(27)22-12-14-5-3-11-29-14)8-10-17-19(20)16(24-25-17)9-7-13-4-2-6-18(26)23-13/h2-11H,12H2,1H3,(H,22,27)(H,23,26)(H,24,25)/b9-7+. The zero-order chi connectivity index (χ0) is 20.2. The van der Waals surface area contributed by atoms with Gasteiger partial charge < -0.3 is 19.5 Å². The maximum Gasteiger partial charge on any atom is 0.255 e. The van der Waals surface area contributed by atoms with Crippen molar-refractivity contribution in [1.82, 2.24) is 20.5 Å². The van der Waals surface area contributed by atoms with Crippen molar-refractivity contribution in [1.29, 1.82) is 0 Å². The Morgan fingerprint density at radius 3 is 2.86 bits per heavy atom. The Labute approximate surface area is 165 Å². The Hall–Kier alpha value is -4.07. The van der Waals surface area contributed by atoms with E-state index in [4.69, 9.17) is 9.15 Å². The summed E-state index contributed by atoms with van der Waals surface area (Å²) in [4.78, 5) is 26.9. The number of carbonyl (C=O) groups is 1. The van der Waals surface area contributed by atoms with Gasteiger partial charge in [0.2, 0.25) is 5.56 Å². The first-order chi connectivity index (χ1) is 14.2. The van der Waals surface area contributed by atoms with Crippen LogP contribution in [-0.2, 0) is 6.54 Å². The third-order valence-corrected chi connectivity index (χ3v) is 4.37. The molecule has 1 aromatic carbocycles. The van der Waals surface area contributed by atoms with Crippen molar-refractivity contribution in [2.45, 2.75) is 6.54 Å². The normalized spacial score (nSPS) is 11.2. The summed E-state index contributed by atoms with van der Waals surface area (Å²) in [7, 11) is 1.51. The summed E-state index contributed by atoms with van der Waals surface area (Å²) in [5.74, 6) is 0.778. The first kappa shape index (κ1) is 18.3. The van der Waals surface area contributed by atoms with Crippen molar-refractivity contribution >= 4 is 29.0 Å². The lowest BCUT2D eigenvalue weighted by atomic mass is 10.1. The number of pyridine rings is 1. The molecule has 0 saturated heterocycles. The van der Waals surface area contributed by atoms with Gasteiger partial charge in [0.25, 0.3) is 5.91 Å². The van der Waals surface area contributed by atoms with Gasteiger partial charge in [-0.1, -0.05) is 6.07 Å². The highest BCUT2D eigenvalue weighted by molar-refractivity contribution is 6.05. The predicted molar refractivity (Wildman–Crippen MR) is 109 cm³/mol. The third kappa shape index (κ3) is 3.81. The quantitative estimate of drug-likeness (QED) is 0.468. The molecule has 0 spiro atoms. The molecule has 0 aliphatic heterocycles. The van der Waals surface area contributed by atoms with E-state index in [0.29, 0.717) is 39.4 Å². The van der Waals surface area contributed by atoms with Gasteiger partial charge in [0.05, 0.1) is 42.1 Å². The lowest BCUT2D eigenvalue weighted by Gasteiger charge is -2.10. The fourth-order valence-corrected chi connectivity index (χ4v) is 3.02. The number of H-pyrrole nitrogens is 2. The highest BCUT2D eigenvalue weighted by Crippen LogP contribution is 2.32. The van der Waals surface area contributed by atoms with Gasteiger partial charge in [-0.05, 0) is 42.5 Å². The van der Waals surface area contributed by atoms with Crippen LogP contribution in [0.1, 0.15) is 27.5 Å². The average molecular weight is 390 g/mol. The number of carbonyl (C=O) groups excluding carboxylic acids is 1. The Morgan fingerprint density at radius 2 is 2.10 bits per heavy atom. The maximum absolute atomic E-state index is 12.7. The fourth-order valence-electron chi connectivity index (χ4n) is 3.02. The molecule has 0 aliphatic carbocycles. The summed E-state index contributed by atoms with van der Waals surface area (Å²) in [6.07, 6.45) is 5.07. The molecule has 3 aromatic heterocycles. The molecular formula is C21H18N4O4. The zero-order valence-corrected chi connectivity index (χ0v) is 15.6. The highest BCUT2D eigenvalue weighted by Gasteiger charge is 2.19. The first-order valence-electron chi connectivity index (χ1n) is 8.89. The van der Waals surface area contributed by atoms with Crippen molar-refractivity contribution in [2.75, 3.05) is 7.11 Å². The maximum atomic E-state index is 12.7. The molecule has 1 amide bonds. The minimum atomic E-state index is -0.288. The largest absolute Gasteiger partial charge is 0.495 e. The molecule has 0 aliphatic rings. The molecule has 0 radical (unpaired) electrons. The minimum absolute atomic E-state index is 0.185. The van der Waals surface area contributed by atoms with Crippen molar-refractivity contribution in [2.24, 2.45) is 0 Å². The summed E-state index contributed by atoms with van der Waals surface area (Å²) >= 11 is 0. The molecule has 146 valence electrons. The Morgan fingerprint density at radius 1 is 1.21 bits per heavy atom. The van der Waals surface area contributed by atoms with E-state index in [9.17, 15) is 9.59 Å². The SMILES string of the molecule is COc1c(C(=O)NCc2ccco2)ccc2n[nH]c(/C=C/c3cccc(=O)[nH]3)c12. The number of fused-ring (bicyclic) bond motifs is 1. The number of nitrogens with zero attached hydrogens (tertiary/aromatic N) is 1. The number of furan rings is 1. The smallest absolute Gasteiger partial charge is 0.255 e. The predicted octanol–water partition coefficient (Wildman–Crippen LogP) is 2.95. The van der Waals surface area contributed by atoms with Gasteiger partial charge in [0.1, 0.15) is 11.5 Å². The Kier molecular flexibility index (Phi) is 4.98. The lowest BCUT2D eigenvalue weighted by molar-refractivity contribution is 0.0945. The number of methoxy groups -OCH3 is 1. The van der Waals surface area contributed by atoms with Crippen molar-refractivity contribution in [3.05, 3.63) is 81.8 Å². The highest BCUT2D eigenvalue weighted by atomic mass is 16.5. The molecule has 0 atom stereocenters. The number of ether oxygens (including phenoxy) is 1. The molecule has 0 saturated carbocycles. The number of nitrogens with one attached hydrogen (secondary N) is 3. The zero-order valence-electron chi connectivity index (χ0n) is 15.6. The van der Waals surface area contributed by atoms with Crippen LogP contribution in [0.25, 0.3) is 23.1 Å². The molecule has 3 N–H and O–H groups in total. The Balaban J connectivity index is 1.67. The van der Waals surface area contributed by atoms with Crippen molar-refractivity contribution in [3.63, 3.8) is 0 Å². The molecular weight excluding hydrogens is 372 g/mol. The fraction of sp³-hybridized carbons (Fsp3) is 0.0952. The van der Waals surface area contributed by atoms with E-state index in [0.717, 1.165) is 0 Å². The minimum Gasteiger partial charge on any atom is -0.495 e. The van der Waals surface area contributed by atoms with Gasteiger partial charge in [-0.3, -0.25) is 14.7 Å². The van der Waals surface area contributed by atoms with Crippen LogP contribution in [0.2, 0.25) is 0 Å². The number of rotatable bonds is 6. The van der Waals surface area contributed by atoms with Gasteiger partial charge in [0.15, 0.2) is 0 Å². The Bertz CT molecular complexity index is 1240. The second kappa shape index (κ2) is 7.89. The molecule has 4 aromatic rings. The van der Waals surface area contributed by atoms with Crippen LogP contribution < -0.4 is 15.6 Å². The van der Waals surface area contributed by atoms with Crippen LogP contribution in [0, 0.1) is 0 Å². The second-order valence-electron chi connectivity index (χ2n) is 6.24. The van der Waals surface area contributed by atoms with Crippen LogP contribution >= 0.6 is 0 Å². The van der Waals surface area contributed by atoms with E-state index in [1.807, 2.05) is 0 Å². The van der Waals surface area contributed by atoms with Gasteiger partial charge >= 0.3 is 0 Å². The molecule has 0 unspecified atom stereocenters. The monoisotopic (exact) mass is 390 g/mol. The number of amides is 1. The summed E-state index contributed by atoms with van der Waals surface area (Å²) < 4.78 is 10.8. The van der Waals surface area contributed by atoms with E-state index in [1.54, 1.807) is 54.8 Å². The van der Waals surface area contributed by atoms with Crippen LogP contribution in [-0.4, -0.2) is 28.2 Å². The topological polar surface area (TPSA) is 113 Å².